The maximum absolute atomic E-state index is 11.5. The summed E-state index contributed by atoms with van der Waals surface area (Å²) < 4.78 is 11.5. The van der Waals surface area contributed by atoms with Gasteiger partial charge in [0.1, 0.15) is 5.75 Å². The first kappa shape index (κ1) is 16.6. The Morgan fingerprint density at radius 2 is 2.11 bits per heavy atom. The number of rotatable bonds is 8. The summed E-state index contributed by atoms with van der Waals surface area (Å²) in [4.78, 5) is 24.1. The zero-order valence-electron chi connectivity index (χ0n) is 10.8. The normalized spacial score (nSPS) is 11.4. The van der Waals surface area contributed by atoms with Crippen LogP contribution in [0.15, 0.2) is 0 Å². The zero-order chi connectivity index (χ0) is 14.0. The molecule has 0 aromatic carbocycles. The van der Waals surface area contributed by atoms with Gasteiger partial charge in [0.25, 0.3) is 0 Å². The summed E-state index contributed by atoms with van der Waals surface area (Å²) >= 11 is 0. The van der Waals surface area contributed by atoms with E-state index in [9.17, 15) is 13.8 Å². The Bertz CT molecular complexity index is 352. The molecule has 0 rings (SSSR count). The number of nitrogens with zero attached hydrogens (tertiary/aromatic N) is 2. The number of amides is 2. The second-order valence-electron chi connectivity index (χ2n) is 3.72. The second-order valence-corrected chi connectivity index (χ2v) is 5.29. The average Bonchev–Trinajstić information content (AvgIpc) is 2.33. The summed E-state index contributed by atoms with van der Waals surface area (Å²) in [5.41, 5.74) is 0. The Morgan fingerprint density at radius 1 is 1.44 bits per heavy atom. The van der Waals surface area contributed by atoms with Gasteiger partial charge in [-0.1, -0.05) is 0 Å². The van der Waals surface area contributed by atoms with E-state index in [4.69, 9.17) is 5.26 Å². The third-order valence-electron chi connectivity index (χ3n) is 2.19. The molecule has 7 heteroatoms. The van der Waals surface area contributed by atoms with Crippen molar-refractivity contribution in [1.82, 2.24) is 10.2 Å². The van der Waals surface area contributed by atoms with E-state index in [1.54, 1.807) is 14.0 Å². The molecule has 0 aromatic rings. The van der Waals surface area contributed by atoms with Crippen LogP contribution in [0, 0.1) is 11.3 Å². The Balaban J connectivity index is 3.88. The van der Waals surface area contributed by atoms with Crippen LogP contribution >= 0.6 is 0 Å². The lowest BCUT2D eigenvalue weighted by Crippen LogP contribution is -2.31. The molecule has 0 saturated heterocycles. The van der Waals surface area contributed by atoms with Gasteiger partial charge in [0.15, 0.2) is 0 Å². The highest BCUT2D eigenvalue weighted by Gasteiger charge is 2.12. The highest BCUT2D eigenvalue weighted by atomic mass is 32.2. The van der Waals surface area contributed by atoms with Crippen molar-refractivity contribution in [3.05, 3.63) is 0 Å². The molecule has 0 saturated carbocycles. The first-order valence-electron chi connectivity index (χ1n) is 5.73. The van der Waals surface area contributed by atoms with Crippen LogP contribution in [-0.4, -0.2) is 52.6 Å². The third kappa shape index (κ3) is 7.79. The predicted molar refractivity (Wildman–Crippen MR) is 69.0 cm³/mol. The highest BCUT2D eigenvalue weighted by molar-refractivity contribution is 7.85. The molecule has 0 aliphatic rings. The molecule has 1 unspecified atom stereocenters. The quantitative estimate of drug-likeness (QED) is 0.653. The molecule has 0 spiro atoms. The maximum atomic E-state index is 11.5. The van der Waals surface area contributed by atoms with Crippen molar-refractivity contribution in [2.24, 2.45) is 0 Å². The van der Waals surface area contributed by atoms with E-state index in [0.29, 0.717) is 13.1 Å². The Kier molecular flexibility index (Phi) is 8.84. The molecule has 0 fully saturated rings. The van der Waals surface area contributed by atoms with Gasteiger partial charge in [0.2, 0.25) is 11.8 Å². The lowest BCUT2D eigenvalue weighted by atomic mass is 10.3. The van der Waals surface area contributed by atoms with Crippen LogP contribution in [-0.2, 0) is 20.4 Å². The van der Waals surface area contributed by atoms with Gasteiger partial charge in [0.05, 0.1) is 12.5 Å². The van der Waals surface area contributed by atoms with Crippen molar-refractivity contribution in [3.8, 4) is 6.07 Å². The number of hydrogen-bond acceptors (Lipinski definition) is 4. The Labute approximate surface area is 110 Å². The fourth-order valence-electron chi connectivity index (χ4n) is 1.20. The molecule has 18 heavy (non-hydrogen) atoms. The minimum atomic E-state index is -1.32. The van der Waals surface area contributed by atoms with Crippen LogP contribution in [0.2, 0.25) is 0 Å². The van der Waals surface area contributed by atoms with Gasteiger partial charge >= 0.3 is 0 Å². The Morgan fingerprint density at radius 3 is 2.67 bits per heavy atom. The first-order chi connectivity index (χ1) is 8.51. The van der Waals surface area contributed by atoms with Crippen LogP contribution in [0.25, 0.3) is 0 Å². The fourth-order valence-corrected chi connectivity index (χ4v) is 2.14. The summed E-state index contributed by atoms with van der Waals surface area (Å²) in [5, 5.41) is 10.9. The van der Waals surface area contributed by atoms with E-state index < -0.39 is 10.8 Å². The van der Waals surface area contributed by atoms with Crippen molar-refractivity contribution in [1.29, 1.82) is 5.26 Å². The summed E-state index contributed by atoms with van der Waals surface area (Å²) in [5.74, 6) is -0.314. The summed E-state index contributed by atoms with van der Waals surface area (Å²) in [6.45, 7) is 2.67. The Hall–Kier alpha value is -1.42. The summed E-state index contributed by atoms with van der Waals surface area (Å²) in [7, 11) is 0.285. The molecule has 0 aliphatic carbocycles. The van der Waals surface area contributed by atoms with Gasteiger partial charge < -0.3 is 10.2 Å². The standard InChI is InChI=1S/C11H19N3O3S/c1-3-13-10(15)9-18(17)8-5-11(16)14(2)7-4-6-12/h3-5,7-9H2,1-2H3,(H,13,15). The SMILES string of the molecule is CCNC(=O)CS(=O)CCC(=O)N(C)CCC#N. The van der Waals surface area contributed by atoms with Crippen molar-refractivity contribution < 1.29 is 13.8 Å². The van der Waals surface area contributed by atoms with Crippen LogP contribution < -0.4 is 5.32 Å². The van der Waals surface area contributed by atoms with Gasteiger partial charge in [-0.25, -0.2) is 0 Å². The van der Waals surface area contributed by atoms with E-state index in [-0.39, 0.29) is 36.2 Å². The second kappa shape index (κ2) is 9.59. The van der Waals surface area contributed by atoms with Crippen LogP contribution in [0.1, 0.15) is 19.8 Å². The van der Waals surface area contributed by atoms with Crippen LogP contribution in [0.5, 0.6) is 0 Å². The minimum Gasteiger partial charge on any atom is -0.356 e. The molecule has 0 radical (unpaired) electrons. The van der Waals surface area contributed by atoms with Crippen LogP contribution in [0.4, 0.5) is 0 Å². The van der Waals surface area contributed by atoms with E-state index >= 15 is 0 Å². The van der Waals surface area contributed by atoms with E-state index in [0.717, 1.165) is 0 Å². The number of nitrogens with one attached hydrogen (secondary N) is 1. The fraction of sp³-hybridized carbons (Fsp3) is 0.727. The third-order valence-corrected chi connectivity index (χ3v) is 3.44. The first-order valence-corrected chi connectivity index (χ1v) is 7.22. The molecule has 2 amide bonds. The highest BCUT2D eigenvalue weighted by Crippen LogP contribution is 1.95. The number of carbonyl (C=O) groups is 2. The number of carbonyl (C=O) groups excluding carboxylic acids is 2. The molecule has 0 heterocycles. The van der Waals surface area contributed by atoms with Crippen molar-refractivity contribution in [3.63, 3.8) is 0 Å². The van der Waals surface area contributed by atoms with E-state index in [1.165, 1.54) is 4.90 Å². The van der Waals surface area contributed by atoms with Crippen molar-refractivity contribution in [2.45, 2.75) is 19.8 Å². The lowest BCUT2D eigenvalue weighted by molar-refractivity contribution is -0.129. The largest absolute Gasteiger partial charge is 0.356 e. The molecule has 1 N–H and O–H groups in total. The molecular formula is C11H19N3O3S. The maximum Gasteiger partial charge on any atom is 0.232 e. The van der Waals surface area contributed by atoms with E-state index in [1.807, 2.05) is 6.07 Å². The molecule has 0 aliphatic heterocycles. The molecular weight excluding hydrogens is 254 g/mol. The van der Waals surface area contributed by atoms with Gasteiger partial charge in [-0.3, -0.25) is 13.8 Å². The van der Waals surface area contributed by atoms with Crippen molar-refractivity contribution >= 4 is 22.6 Å². The molecule has 102 valence electrons. The number of hydrogen-bond donors (Lipinski definition) is 1. The lowest BCUT2D eigenvalue weighted by Gasteiger charge is -2.14. The molecule has 6 nitrogen and oxygen atoms in total. The van der Waals surface area contributed by atoms with Crippen LogP contribution in [0.3, 0.4) is 0 Å². The average molecular weight is 273 g/mol. The molecule has 0 bridgehead atoms. The minimum absolute atomic E-state index is 0.0664. The zero-order valence-corrected chi connectivity index (χ0v) is 11.6. The molecule has 0 aromatic heterocycles. The number of nitriles is 1. The monoisotopic (exact) mass is 273 g/mol. The topological polar surface area (TPSA) is 90.3 Å². The van der Waals surface area contributed by atoms with Gasteiger partial charge in [-0.2, -0.15) is 5.26 Å². The van der Waals surface area contributed by atoms with Crippen molar-refractivity contribution in [2.75, 3.05) is 31.6 Å². The summed E-state index contributed by atoms with van der Waals surface area (Å²) in [6.07, 6.45) is 0.415. The van der Waals surface area contributed by atoms with E-state index in [2.05, 4.69) is 5.32 Å². The van der Waals surface area contributed by atoms with Gasteiger partial charge in [-0.05, 0) is 6.92 Å². The molecule has 1 atom stereocenters. The predicted octanol–water partition coefficient (Wildman–Crippen LogP) is -0.367. The van der Waals surface area contributed by atoms with Gasteiger partial charge in [-0.15, -0.1) is 0 Å². The van der Waals surface area contributed by atoms with Gasteiger partial charge in [0, 0.05) is 43.1 Å². The summed E-state index contributed by atoms with van der Waals surface area (Å²) in [6, 6.07) is 1.95. The smallest absolute Gasteiger partial charge is 0.232 e.